The molecule has 30 heavy (non-hydrogen) atoms. The van der Waals surface area contributed by atoms with Crippen molar-refractivity contribution in [2.24, 2.45) is 0 Å². The molecule has 162 valence electrons. The highest BCUT2D eigenvalue weighted by molar-refractivity contribution is 7.92. The number of benzene rings is 2. The number of nitrogens with one attached hydrogen (secondary N) is 1. The van der Waals surface area contributed by atoms with E-state index in [9.17, 15) is 26.0 Å². The lowest BCUT2D eigenvalue weighted by atomic mass is 10.1. The SMILES string of the molecule is CC(=O)Nc1ccc(S(=O)(=O)N2CCC(c3ccccc3F)S(=O)(=O)CC2)c(C)c1. The summed E-state index contributed by atoms with van der Waals surface area (Å²) < 4.78 is 67.2. The molecule has 0 aliphatic carbocycles. The van der Waals surface area contributed by atoms with E-state index in [1.54, 1.807) is 19.1 Å². The fourth-order valence-electron chi connectivity index (χ4n) is 3.61. The Balaban J connectivity index is 1.90. The summed E-state index contributed by atoms with van der Waals surface area (Å²) in [5.41, 5.74) is 0.962. The minimum Gasteiger partial charge on any atom is -0.326 e. The zero-order valence-electron chi connectivity index (χ0n) is 16.6. The summed E-state index contributed by atoms with van der Waals surface area (Å²) in [5.74, 6) is -1.29. The summed E-state index contributed by atoms with van der Waals surface area (Å²) in [6, 6.07) is 10.1. The summed E-state index contributed by atoms with van der Waals surface area (Å²) in [6.07, 6.45) is -0.0362. The van der Waals surface area contributed by atoms with Crippen LogP contribution >= 0.6 is 0 Å². The molecule has 1 heterocycles. The first-order valence-corrected chi connectivity index (χ1v) is 12.5. The van der Waals surface area contributed by atoms with Gasteiger partial charge in [0, 0.05) is 31.3 Å². The van der Waals surface area contributed by atoms with Crippen molar-refractivity contribution in [2.45, 2.75) is 30.4 Å². The Hall–Kier alpha value is -2.30. The molecule has 1 saturated heterocycles. The van der Waals surface area contributed by atoms with Crippen LogP contribution in [0.5, 0.6) is 0 Å². The molecule has 1 aliphatic heterocycles. The van der Waals surface area contributed by atoms with Gasteiger partial charge in [0.05, 0.1) is 15.9 Å². The molecular formula is C20H23FN2O5S2. The molecule has 1 amide bonds. The predicted octanol–water partition coefficient (Wildman–Crippen LogP) is 2.64. The number of carbonyl (C=O) groups excluding carboxylic acids is 1. The van der Waals surface area contributed by atoms with Gasteiger partial charge in [0.1, 0.15) is 5.82 Å². The van der Waals surface area contributed by atoms with Crippen LogP contribution in [0.4, 0.5) is 10.1 Å². The summed E-state index contributed by atoms with van der Waals surface area (Å²) in [5, 5.41) is 1.50. The van der Waals surface area contributed by atoms with Crippen molar-refractivity contribution in [3.63, 3.8) is 0 Å². The van der Waals surface area contributed by atoms with E-state index in [4.69, 9.17) is 0 Å². The molecular weight excluding hydrogens is 431 g/mol. The normalized spacial score (nSPS) is 19.8. The van der Waals surface area contributed by atoms with Gasteiger partial charge in [-0.3, -0.25) is 4.79 Å². The van der Waals surface area contributed by atoms with Crippen molar-refractivity contribution in [2.75, 3.05) is 24.2 Å². The largest absolute Gasteiger partial charge is 0.326 e. The highest BCUT2D eigenvalue weighted by Crippen LogP contribution is 2.33. The van der Waals surface area contributed by atoms with Crippen LogP contribution < -0.4 is 5.32 Å². The van der Waals surface area contributed by atoms with Gasteiger partial charge in [-0.2, -0.15) is 4.31 Å². The Morgan fingerprint density at radius 1 is 1.17 bits per heavy atom. The van der Waals surface area contributed by atoms with Gasteiger partial charge in [-0.25, -0.2) is 21.2 Å². The number of halogens is 1. The third-order valence-corrected chi connectivity index (χ3v) is 9.23. The van der Waals surface area contributed by atoms with Gasteiger partial charge >= 0.3 is 0 Å². The Morgan fingerprint density at radius 3 is 2.50 bits per heavy atom. The number of nitrogens with zero attached hydrogens (tertiary/aromatic N) is 1. The van der Waals surface area contributed by atoms with Crippen LogP contribution in [-0.4, -0.2) is 45.9 Å². The van der Waals surface area contributed by atoms with Gasteiger partial charge in [0.2, 0.25) is 15.9 Å². The quantitative estimate of drug-likeness (QED) is 0.766. The summed E-state index contributed by atoms with van der Waals surface area (Å²) in [4.78, 5) is 11.2. The number of sulfone groups is 1. The van der Waals surface area contributed by atoms with E-state index < -0.39 is 36.7 Å². The average Bonchev–Trinajstić information content (AvgIpc) is 2.80. The highest BCUT2D eigenvalue weighted by Gasteiger charge is 2.37. The van der Waals surface area contributed by atoms with Crippen LogP contribution in [0.25, 0.3) is 0 Å². The van der Waals surface area contributed by atoms with Gasteiger partial charge < -0.3 is 5.32 Å². The first kappa shape index (κ1) is 22.4. The lowest BCUT2D eigenvalue weighted by molar-refractivity contribution is -0.114. The van der Waals surface area contributed by atoms with E-state index in [0.29, 0.717) is 11.3 Å². The second-order valence-corrected chi connectivity index (χ2v) is 11.4. The van der Waals surface area contributed by atoms with Crippen molar-refractivity contribution >= 4 is 31.5 Å². The maximum Gasteiger partial charge on any atom is 0.243 e. The van der Waals surface area contributed by atoms with E-state index in [1.165, 1.54) is 37.3 Å². The number of anilines is 1. The van der Waals surface area contributed by atoms with Crippen LogP contribution in [0.1, 0.15) is 29.7 Å². The first-order valence-electron chi connectivity index (χ1n) is 9.37. The topological polar surface area (TPSA) is 101 Å². The number of rotatable bonds is 4. The molecule has 1 unspecified atom stereocenters. The number of hydrogen-bond donors (Lipinski definition) is 1. The number of amides is 1. The fourth-order valence-corrected chi connectivity index (χ4v) is 7.19. The second-order valence-electron chi connectivity index (χ2n) is 7.23. The average molecular weight is 455 g/mol. The van der Waals surface area contributed by atoms with Crippen LogP contribution in [0.3, 0.4) is 0 Å². The number of sulfonamides is 1. The maximum atomic E-state index is 14.2. The molecule has 2 aromatic carbocycles. The van der Waals surface area contributed by atoms with Crippen LogP contribution in [0.15, 0.2) is 47.4 Å². The van der Waals surface area contributed by atoms with Crippen LogP contribution in [0, 0.1) is 12.7 Å². The van der Waals surface area contributed by atoms with E-state index >= 15 is 0 Å². The molecule has 0 bridgehead atoms. The molecule has 1 N–H and O–H groups in total. The van der Waals surface area contributed by atoms with Gasteiger partial charge in [-0.05, 0) is 43.2 Å². The molecule has 0 spiro atoms. The lowest BCUT2D eigenvalue weighted by Crippen LogP contribution is -2.34. The molecule has 1 aliphatic rings. The molecule has 10 heteroatoms. The second kappa shape index (κ2) is 8.44. The third-order valence-electron chi connectivity index (χ3n) is 5.06. The van der Waals surface area contributed by atoms with E-state index in [1.807, 2.05) is 0 Å². The first-order chi connectivity index (χ1) is 14.0. The monoisotopic (exact) mass is 454 g/mol. The molecule has 1 fully saturated rings. The Kier molecular flexibility index (Phi) is 6.30. The zero-order chi connectivity index (χ0) is 22.1. The van der Waals surface area contributed by atoms with E-state index in [2.05, 4.69) is 5.32 Å². The molecule has 7 nitrogen and oxygen atoms in total. The van der Waals surface area contributed by atoms with Crippen molar-refractivity contribution in [1.82, 2.24) is 4.31 Å². The summed E-state index contributed by atoms with van der Waals surface area (Å²) in [7, 11) is -7.70. The number of aryl methyl sites for hydroxylation is 1. The highest BCUT2D eigenvalue weighted by atomic mass is 32.2. The van der Waals surface area contributed by atoms with Crippen LogP contribution in [0.2, 0.25) is 0 Å². The van der Waals surface area contributed by atoms with Gasteiger partial charge in [-0.15, -0.1) is 0 Å². The smallest absolute Gasteiger partial charge is 0.243 e. The van der Waals surface area contributed by atoms with Gasteiger partial charge in [0.15, 0.2) is 9.84 Å². The van der Waals surface area contributed by atoms with Gasteiger partial charge in [0.25, 0.3) is 0 Å². The van der Waals surface area contributed by atoms with Gasteiger partial charge in [-0.1, -0.05) is 18.2 Å². The number of hydrogen-bond acceptors (Lipinski definition) is 5. The van der Waals surface area contributed by atoms with E-state index in [-0.39, 0.29) is 35.9 Å². The van der Waals surface area contributed by atoms with Crippen molar-refractivity contribution in [3.8, 4) is 0 Å². The lowest BCUT2D eigenvalue weighted by Gasteiger charge is -2.21. The van der Waals surface area contributed by atoms with Crippen molar-refractivity contribution < 1.29 is 26.0 Å². The van der Waals surface area contributed by atoms with Crippen molar-refractivity contribution in [1.29, 1.82) is 0 Å². The summed E-state index contributed by atoms with van der Waals surface area (Å²) >= 11 is 0. The predicted molar refractivity (Wildman–Crippen MR) is 112 cm³/mol. The Labute approximate surface area is 175 Å². The maximum absolute atomic E-state index is 14.2. The molecule has 0 radical (unpaired) electrons. The molecule has 0 aromatic heterocycles. The Morgan fingerprint density at radius 2 is 1.87 bits per heavy atom. The molecule has 2 aromatic rings. The van der Waals surface area contributed by atoms with Crippen molar-refractivity contribution in [3.05, 3.63) is 59.4 Å². The minimum atomic E-state index is -3.96. The zero-order valence-corrected chi connectivity index (χ0v) is 18.3. The minimum absolute atomic E-state index is 0.0362. The third kappa shape index (κ3) is 4.55. The number of carbonyl (C=O) groups is 1. The standard InChI is InChI=1S/C20H23FN2O5S2/c1-14-13-16(22-15(2)24)7-8-19(14)30(27,28)23-10-9-20(29(25,26)12-11-23)17-5-3-4-6-18(17)21/h3-8,13,20H,9-12H2,1-2H3,(H,22,24). The summed E-state index contributed by atoms with van der Waals surface area (Å²) in [6.45, 7) is 2.70. The molecule has 0 saturated carbocycles. The van der Waals surface area contributed by atoms with E-state index in [0.717, 1.165) is 4.31 Å². The molecule has 3 rings (SSSR count). The Bertz CT molecular complexity index is 1180. The fraction of sp³-hybridized carbons (Fsp3) is 0.350. The molecule has 1 atom stereocenters. The van der Waals surface area contributed by atoms with Crippen LogP contribution in [-0.2, 0) is 24.7 Å².